The van der Waals surface area contributed by atoms with Crippen LogP contribution in [-0.2, 0) is 14.8 Å². The van der Waals surface area contributed by atoms with E-state index < -0.39 is 16.0 Å². The Morgan fingerprint density at radius 3 is 2.67 bits per heavy atom. The molecule has 0 aliphatic rings. The molecule has 1 rings (SSSR count). The Bertz CT molecular complexity index is 587. The van der Waals surface area contributed by atoms with Gasteiger partial charge in [0.1, 0.15) is 0 Å². The van der Waals surface area contributed by atoms with Gasteiger partial charge in [-0.25, -0.2) is 17.9 Å². The molecular formula is C13H21N3O4S. The lowest BCUT2D eigenvalue weighted by Gasteiger charge is -2.10. The van der Waals surface area contributed by atoms with Crippen molar-refractivity contribution in [2.45, 2.75) is 13.3 Å². The maximum atomic E-state index is 11.7. The van der Waals surface area contributed by atoms with Crippen LogP contribution in [0, 0.1) is 0 Å². The average Bonchev–Trinajstić information content (AvgIpc) is 2.39. The number of esters is 1. The first kappa shape index (κ1) is 17.3. The van der Waals surface area contributed by atoms with E-state index in [2.05, 4.69) is 10.0 Å². The van der Waals surface area contributed by atoms with Gasteiger partial charge >= 0.3 is 5.97 Å². The topological polar surface area (TPSA) is 111 Å². The third kappa shape index (κ3) is 6.46. The van der Waals surface area contributed by atoms with Gasteiger partial charge in [0.05, 0.1) is 18.4 Å². The van der Waals surface area contributed by atoms with Crippen LogP contribution in [0.1, 0.15) is 23.7 Å². The number of rotatable bonds is 8. The average molecular weight is 315 g/mol. The minimum atomic E-state index is -3.15. The molecule has 0 fully saturated rings. The summed E-state index contributed by atoms with van der Waals surface area (Å²) in [6.45, 7) is 2.93. The molecule has 21 heavy (non-hydrogen) atoms. The monoisotopic (exact) mass is 315 g/mol. The number of hydrogen-bond donors (Lipinski definition) is 3. The highest BCUT2D eigenvalue weighted by molar-refractivity contribution is 7.88. The molecule has 7 nitrogen and oxygen atoms in total. The molecule has 0 spiro atoms. The van der Waals surface area contributed by atoms with Gasteiger partial charge in [0, 0.05) is 24.5 Å². The van der Waals surface area contributed by atoms with Crippen LogP contribution in [0.3, 0.4) is 0 Å². The van der Waals surface area contributed by atoms with Crippen LogP contribution >= 0.6 is 0 Å². The lowest BCUT2D eigenvalue weighted by atomic mass is 10.1. The molecule has 0 unspecified atom stereocenters. The summed E-state index contributed by atoms with van der Waals surface area (Å²) in [5, 5.41) is 3.10. The summed E-state index contributed by atoms with van der Waals surface area (Å²) in [5.41, 5.74) is 7.14. The first-order valence-corrected chi connectivity index (χ1v) is 8.47. The molecule has 0 saturated carbocycles. The molecule has 0 aliphatic carbocycles. The van der Waals surface area contributed by atoms with Crippen LogP contribution in [0.4, 0.5) is 11.4 Å². The summed E-state index contributed by atoms with van der Waals surface area (Å²) in [4.78, 5) is 11.7. The van der Waals surface area contributed by atoms with Gasteiger partial charge in [0.15, 0.2) is 0 Å². The molecule has 118 valence electrons. The highest BCUT2D eigenvalue weighted by atomic mass is 32.2. The number of benzene rings is 1. The zero-order valence-corrected chi connectivity index (χ0v) is 13.0. The van der Waals surface area contributed by atoms with Crippen LogP contribution in [-0.4, -0.2) is 40.3 Å². The Balaban J connectivity index is 2.53. The van der Waals surface area contributed by atoms with Crippen molar-refractivity contribution in [2.75, 3.05) is 37.0 Å². The number of hydrogen-bond acceptors (Lipinski definition) is 6. The lowest BCUT2D eigenvalue weighted by Crippen LogP contribution is -2.24. The second-order valence-electron chi connectivity index (χ2n) is 4.47. The van der Waals surface area contributed by atoms with E-state index in [0.717, 1.165) is 11.9 Å². The zero-order valence-electron chi connectivity index (χ0n) is 12.2. The second kappa shape index (κ2) is 7.84. The summed E-state index contributed by atoms with van der Waals surface area (Å²) in [6, 6.07) is 5.00. The van der Waals surface area contributed by atoms with Crippen molar-refractivity contribution in [3.8, 4) is 0 Å². The van der Waals surface area contributed by atoms with Gasteiger partial charge in [0.2, 0.25) is 10.0 Å². The van der Waals surface area contributed by atoms with E-state index in [9.17, 15) is 13.2 Å². The first-order valence-electron chi connectivity index (χ1n) is 6.58. The van der Waals surface area contributed by atoms with Gasteiger partial charge in [-0.05, 0) is 31.5 Å². The van der Waals surface area contributed by atoms with Crippen molar-refractivity contribution in [3.05, 3.63) is 23.8 Å². The van der Waals surface area contributed by atoms with E-state index in [1.54, 1.807) is 25.1 Å². The minimum absolute atomic E-state index is 0.285. The normalized spacial score (nSPS) is 11.1. The Morgan fingerprint density at radius 1 is 1.33 bits per heavy atom. The minimum Gasteiger partial charge on any atom is -0.462 e. The standard InChI is InChI=1S/C13H21N3O4S/c1-3-20-13(17)11-9-10(5-6-12(11)14)15-7-4-8-16-21(2,18)19/h5-6,9,15-16H,3-4,7-8,14H2,1-2H3. The number of anilines is 2. The van der Waals surface area contributed by atoms with E-state index in [0.29, 0.717) is 30.8 Å². The Morgan fingerprint density at radius 2 is 2.05 bits per heavy atom. The van der Waals surface area contributed by atoms with Crippen molar-refractivity contribution in [3.63, 3.8) is 0 Å². The van der Waals surface area contributed by atoms with Gasteiger partial charge in [-0.1, -0.05) is 0 Å². The van der Waals surface area contributed by atoms with Crippen LogP contribution < -0.4 is 15.8 Å². The van der Waals surface area contributed by atoms with Crippen LogP contribution in [0.5, 0.6) is 0 Å². The summed E-state index contributed by atoms with van der Waals surface area (Å²) in [6.07, 6.45) is 1.73. The maximum Gasteiger partial charge on any atom is 0.340 e. The molecule has 1 aromatic rings. The van der Waals surface area contributed by atoms with Crippen molar-refractivity contribution in [1.29, 1.82) is 0 Å². The largest absolute Gasteiger partial charge is 0.462 e. The Labute approximate surface area is 124 Å². The molecule has 0 amide bonds. The summed E-state index contributed by atoms with van der Waals surface area (Å²) in [7, 11) is -3.15. The third-order valence-electron chi connectivity index (χ3n) is 2.60. The molecule has 1 aromatic carbocycles. The quantitative estimate of drug-likeness (QED) is 0.372. The predicted molar refractivity (Wildman–Crippen MR) is 82.8 cm³/mol. The second-order valence-corrected chi connectivity index (χ2v) is 6.30. The van der Waals surface area contributed by atoms with E-state index in [1.807, 2.05) is 0 Å². The fraction of sp³-hybridized carbons (Fsp3) is 0.462. The highest BCUT2D eigenvalue weighted by Crippen LogP contribution is 2.18. The molecular weight excluding hydrogens is 294 g/mol. The van der Waals surface area contributed by atoms with Crippen molar-refractivity contribution >= 4 is 27.4 Å². The van der Waals surface area contributed by atoms with Gasteiger partial charge < -0.3 is 15.8 Å². The van der Waals surface area contributed by atoms with Crippen LogP contribution in [0.25, 0.3) is 0 Å². The van der Waals surface area contributed by atoms with Gasteiger partial charge in [-0.3, -0.25) is 0 Å². The van der Waals surface area contributed by atoms with Crippen LogP contribution in [0.2, 0.25) is 0 Å². The fourth-order valence-electron chi connectivity index (χ4n) is 1.63. The highest BCUT2D eigenvalue weighted by Gasteiger charge is 2.11. The lowest BCUT2D eigenvalue weighted by molar-refractivity contribution is 0.0527. The van der Waals surface area contributed by atoms with E-state index >= 15 is 0 Å². The van der Waals surface area contributed by atoms with Crippen LogP contribution in [0.15, 0.2) is 18.2 Å². The predicted octanol–water partition coefficient (Wildman–Crippen LogP) is 0.797. The molecule has 0 saturated heterocycles. The van der Waals surface area contributed by atoms with Crippen molar-refractivity contribution in [2.24, 2.45) is 0 Å². The van der Waals surface area contributed by atoms with E-state index in [1.165, 1.54) is 0 Å². The molecule has 0 aromatic heterocycles. The third-order valence-corrected chi connectivity index (χ3v) is 3.32. The summed E-state index contributed by atoms with van der Waals surface area (Å²) < 4.78 is 29.1. The molecule has 0 aliphatic heterocycles. The van der Waals surface area contributed by atoms with Crippen molar-refractivity contribution in [1.82, 2.24) is 4.72 Å². The molecule has 0 heterocycles. The summed E-state index contributed by atoms with van der Waals surface area (Å²) in [5.74, 6) is -0.461. The Hall–Kier alpha value is -1.80. The molecule has 4 N–H and O–H groups in total. The molecule has 8 heteroatoms. The summed E-state index contributed by atoms with van der Waals surface area (Å²) >= 11 is 0. The molecule has 0 radical (unpaired) electrons. The van der Waals surface area contributed by atoms with Gasteiger partial charge in [-0.15, -0.1) is 0 Å². The number of ether oxygens (including phenoxy) is 1. The molecule has 0 atom stereocenters. The smallest absolute Gasteiger partial charge is 0.340 e. The van der Waals surface area contributed by atoms with E-state index in [-0.39, 0.29) is 6.61 Å². The number of sulfonamides is 1. The maximum absolute atomic E-state index is 11.7. The SMILES string of the molecule is CCOC(=O)c1cc(NCCCNS(C)(=O)=O)ccc1N. The number of nitrogens with two attached hydrogens (primary N) is 1. The number of nitrogens with one attached hydrogen (secondary N) is 2. The number of nitrogen functional groups attached to an aromatic ring is 1. The number of carbonyl (C=O) groups is 1. The fourth-order valence-corrected chi connectivity index (χ4v) is 2.15. The number of carbonyl (C=O) groups excluding carboxylic acids is 1. The molecule has 0 bridgehead atoms. The first-order chi connectivity index (χ1) is 9.83. The zero-order chi connectivity index (χ0) is 15.9. The Kier molecular flexibility index (Phi) is 6.44. The van der Waals surface area contributed by atoms with Gasteiger partial charge in [-0.2, -0.15) is 0 Å². The van der Waals surface area contributed by atoms with Crippen molar-refractivity contribution < 1.29 is 17.9 Å². The van der Waals surface area contributed by atoms with E-state index in [4.69, 9.17) is 10.5 Å². The van der Waals surface area contributed by atoms with Gasteiger partial charge in [0.25, 0.3) is 0 Å².